The van der Waals surface area contributed by atoms with Crippen LogP contribution in [0.3, 0.4) is 0 Å². The van der Waals surface area contributed by atoms with E-state index in [0.29, 0.717) is 22.6 Å². The maximum Gasteiger partial charge on any atom is 0.295 e. The van der Waals surface area contributed by atoms with Crippen molar-refractivity contribution in [1.29, 1.82) is 0 Å². The number of rotatable bonds is 7. The monoisotopic (exact) mass is 475 g/mol. The fourth-order valence-electron chi connectivity index (χ4n) is 4.00. The van der Waals surface area contributed by atoms with Gasteiger partial charge >= 0.3 is 0 Å². The van der Waals surface area contributed by atoms with Crippen molar-refractivity contribution in [2.75, 3.05) is 14.2 Å². The number of aliphatic hydroxyl groups is 1. The summed E-state index contributed by atoms with van der Waals surface area (Å²) in [6.45, 7) is 0.0444. The highest BCUT2D eigenvalue weighted by Gasteiger charge is 2.46. The van der Waals surface area contributed by atoms with Crippen LogP contribution < -0.4 is 9.47 Å². The van der Waals surface area contributed by atoms with E-state index in [4.69, 9.17) is 9.47 Å². The number of non-ortho nitro benzene ring substituents is 1. The number of methoxy groups -OCH3 is 2. The molecule has 1 aromatic heterocycles. The van der Waals surface area contributed by atoms with Gasteiger partial charge in [0, 0.05) is 36.6 Å². The number of carbonyl (C=O) groups is 2. The Hall–Kier alpha value is -4.73. The minimum atomic E-state index is -0.982. The van der Waals surface area contributed by atoms with Gasteiger partial charge in [-0.1, -0.05) is 6.07 Å². The summed E-state index contributed by atoms with van der Waals surface area (Å²) in [5.41, 5.74) is 1.07. The van der Waals surface area contributed by atoms with Crippen LogP contribution in [0.2, 0.25) is 0 Å². The van der Waals surface area contributed by atoms with Gasteiger partial charge in [0.1, 0.15) is 5.76 Å². The molecule has 0 aliphatic carbocycles. The van der Waals surface area contributed by atoms with Crippen molar-refractivity contribution in [3.8, 4) is 11.5 Å². The molecular formula is C25H21N3O7. The molecule has 1 aliphatic heterocycles. The number of benzene rings is 2. The van der Waals surface area contributed by atoms with Gasteiger partial charge in [0.05, 0.1) is 30.8 Å². The number of amides is 1. The standard InChI is InChI=1S/C25H21N3O7/c1-34-19-10-7-17(12-20(19)35-2)23(29)21-22(16-5-8-18(9-6-16)28(32)33)27(25(31)24(21)30)14-15-4-3-11-26-13-15/h3-13,22,29H,14H2,1-2H3/b23-21+. The first-order valence-electron chi connectivity index (χ1n) is 10.5. The number of nitrogens with zero attached hydrogens (tertiary/aromatic N) is 3. The molecule has 1 unspecified atom stereocenters. The molecule has 1 saturated heterocycles. The molecule has 4 rings (SSSR count). The fraction of sp³-hybridized carbons (Fsp3) is 0.160. The molecule has 1 fully saturated rings. The lowest BCUT2D eigenvalue weighted by Crippen LogP contribution is -2.29. The van der Waals surface area contributed by atoms with Crippen LogP contribution in [0, 0.1) is 10.1 Å². The first-order valence-corrected chi connectivity index (χ1v) is 10.5. The summed E-state index contributed by atoms with van der Waals surface area (Å²) in [4.78, 5) is 42.2. The van der Waals surface area contributed by atoms with E-state index in [9.17, 15) is 24.8 Å². The number of likely N-dealkylation sites (tertiary alicyclic amines) is 1. The Morgan fingerprint density at radius 1 is 1.09 bits per heavy atom. The molecule has 178 valence electrons. The van der Waals surface area contributed by atoms with Crippen LogP contribution in [-0.2, 0) is 16.1 Å². The van der Waals surface area contributed by atoms with Crippen molar-refractivity contribution < 1.29 is 29.1 Å². The Morgan fingerprint density at radius 3 is 2.40 bits per heavy atom. The van der Waals surface area contributed by atoms with E-state index in [2.05, 4.69) is 4.98 Å². The number of Topliss-reactive ketones (excluding diaryl/α,β-unsaturated/α-hetero) is 1. The van der Waals surface area contributed by atoms with Crippen LogP contribution in [0.1, 0.15) is 22.7 Å². The zero-order chi connectivity index (χ0) is 25.1. The summed E-state index contributed by atoms with van der Waals surface area (Å²) in [6.07, 6.45) is 3.16. The van der Waals surface area contributed by atoms with Gasteiger partial charge in [0.15, 0.2) is 11.5 Å². The normalized spacial score (nSPS) is 16.9. The third-order valence-corrected chi connectivity index (χ3v) is 5.69. The van der Waals surface area contributed by atoms with Crippen molar-refractivity contribution in [1.82, 2.24) is 9.88 Å². The van der Waals surface area contributed by atoms with Crippen LogP contribution >= 0.6 is 0 Å². The highest BCUT2D eigenvalue weighted by Crippen LogP contribution is 2.41. The van der Waals surface area contributed by atoms with Crippen molar-refractivity contribution >= 4 is 23.1 Å². The Morgan fingerprint density at radius 2 is 1.80 bits per heavy atom. The van der Waals surface area contributed by atoms with Gasteiger partial charge in [-0.3, -0.25) is 24.7 Å². The molecule has 10 heteroatoms. The van der Waals surface area contributed by atoms with Gasteiger partial charge in [-0.05, 0) is 47.5 Å². The van der Waals surface area contributed by atoms with Gasteiger partial charge in [-0.25, -0.2) is 0 Å². The van der Waals surface area contributed by atoms with Crippen molar-refractivity contribution in [3.05, 3.63) is 99.4 Å². The van der Waals surface area contributed by atoms with Gasteiger partial charge in [0.25, 0.3) is 17.4 Å². The van der Waals surface area contributed by atoms with Crippen molar-refractivity contribution in [2.45, 2.75) is 12.6 Å². The van der Waals surface area contributed by atoms with Gasteiger partial charge in [-0.2, -0.15) is 0 Å². The largest absolute Gasteiger partial charge is 0.507 e. The third-order valence-electron chi connectivity index (χ3n) is 5.69. The zero-order valence-electron chi connectivity index (χ0n) is 18.9. The number of aliphatic hydroxyl groups excluding tert-OH is 1. The average molecular weight is 475 g/mol. The molecule has 1 N–H and O–H groups in total. The number of nitro groups is 1. The molecule has 3 aromatic rings. The van der Waals surface area contributed by atoms with Gasteiger partial charge < -0.3 is 19.5 Å². The Bertz CT molecular complexity index is 1320. The number of nitro benzene ring substituents is 1. The third kappa shape index (κ3) is 4.41. The maximum absolute atomic E-state index is 13.2. The van der Waals surface area contributed by atoms with E-state index in [1.807, 2.05) is 0 Å². The van der Waals surface area contributed by atoms with E-state index >= 15 is 0 Å². The summed E-state index contributed by atoms with van der Waals surface area (Å²) >= 11 is 0. The predicted molar refractivity (Wildman–Crippen MR) is 125 cm³/mol. The lowest BCUT2D eigenvalue weighted by Gasteiger charge is -2.25. The molecule has 0 radical (unpaired) electrons. The minimum absolute atomic E-state index is 0.0444. The number of hydrogen-bond acceptors (Lipinski definition) is 8. The molecule has 1 amide bonds. The molecule has 1 aliphatic rings. The maximum atomic E-state index is 13.2. The molecule has 1 atom stereocenters. The summed E-state index contributed by atoms with van der Waals surface area (Å²) in [6, 6.07) is 12.6. The molecule has 2 aromatic carbocycles. The zero-order valence-corrected chi connectivity index (χ0v) is 18.9. The van der Waals surface area contributed by atoms with E-state index in [1.165, 1.54) is 55.5 Å². The number of hydrogen-bond donors (Lipinski definition) is 1. The molecule has 0 saturated carbocycles. The van der Waals surface area contributed by atoms with E-state index in [0.717, 1.165) is 0 Å². The van der Waals surface area contributed by atoms with Crippen molar-refractivity contribution in [3.63, 3.8) is 0 Å². The first-order chi connectivity index (χ1) is 16.8. The SMILES string of the molecule is COc1ccc(/C(O)=C2\C(=O)C(=O)N(Cc3cccnc3)C2c2ccc([N+](=O)[O-])cc2)cc1OC. The van der Waals surface area contributed by atoms with Crippen LogP contribution in [0.25, 0.3) is 5.76 Å². The topological polar surface area (TPSA) is 132 Å². The minimum Gasteiger partial charge on any atom is -0.507 e. The predicted octanol–water partition coefficient (Wildman–Crippen LogP) is 3.63. The van der Waals surface area contributed by atoms with Crippen LogP contribution in [-0.4, -0.2) is 45.8 Å². The van der Waals surface area contributed by atoms with E-state index in [-0.39, 0.29) is 23.4 Å². The highest BCUT2D eigenvalue weighted by molar-refractivity contribution is 6.46. The summed E-state index contributed by atoms with van der Waals surface area (Å²) in [5.74, 6) is -1.33. The quantitative estimate of drug-likeness (QED) is 0.180. The molecule has 2 heterocycles. The van der Waals surface area contributed by atoms with Crippen LogP contribution in [0.4, 0.5) is 5.69 Å². The number of carbonyl (C=O) groups excluding carboxylic acids is 2. The second-order valence-electron chi connectivity index (χ2n) is 7.71. The van der Waals surface area contributed by atoms with Gasteiger partial charge in [-0.15, -0.1) is 0 Å². The molecular weight excluding hydrogens is 454 g/mol. The summed E-state index contributed by atoms with van der Waals surface area (Å²) in [7, 11) is 2.90. The van der Waals surface area contributed by atoms with Gasteiger partial charge in [0.2, 0.25) is 0 Å². The molecule has 0 spiro atoms. The second-order valence-corrected chi connectivity index (χ2v) is 7.71. The Kier molecular flexibility index (Phi) is 6.45. The smallest absolute Gasteiger partial charge is 0.295 e. The first kappa shape index (κ1) is 23.4. The fourth-order valence-corrected chi connectivity index (χ4v) is 4.00. The Labute approximate surface area is 200 Å². The second kappa shape index (κ2) is 9.64. The number of ether oxygens (including phenoxy) is 2. The number of ketones is 1. The summed E-state index contributed by atoms with van der Waals surface area (Å²) < 4.78 is 10.5. The highest BCUT2D eigenvalue weighted by atomic mass is 16.6. The molecule has 10 nitrogen and oxygen atoms in total. The van der Waals surface area contributed by atoms with Crippen LogP contribution in [0.15, 0.2) is 72.6 Å². The summed E-state index contributed by atoms with van der Waals surface area (Å²) in [5, 5.41) is 22.3. The van der Waals surface area contributed by atoms with Crippen LogP contribution in [0.5, 0.6) is 11.5 Å². The lowest BCUT2D eigenvalue weighted by atomic mass is 9.95. The number of aromatic nitrogens is 1. The molecule has 0 bridgehead atoms. The Balaban J connectivity index is 1.87. The van der Waals surface area contributed by atoms with E-state index in [1.54, 1.807) is 30.6 Å². The lowest BCUT2D eigenvalue weighted by molar-refractivity contribution is -0.384. The van der Waals surface area contributed by atoms with E-state index < -0.39 is 28.4 Å². The van der Waals surface area contributed by atoms with Crippen molar-refractivity contribution in [2.24, 2.45) is 0 Å². The molecule has 35 heavy (non-hydrogen) atoms. The number of pyridine rings is 1. The average Bonchev–Trinajstić information content (AvgIpc) is 3.13.